The van der Waals surface area contributed by atoms with E-state index < -0.39 is 0 Å². The topological polar surface area (TPSA) is 29.5 Å². The van der Waals surface area contributed by atoms with Crippen LogP contribution < -0.4 is 4.90 Å². The minimum atomic E-state index is -0.350. The molecular weight excluding hydrogens is 875 g/mol. The van der Waals surface area contributed by atoms with Crippen LogP contribution in [0.25, 0.3) is 99.5 Å². The van der Waals surface area contributed by atoms with Gasteiger partial charge in [-0.25, -0.2) is 0 Å². The third-order valence-electron chi connectivity index (χ3n) is 17.0. The molecule has 0 amide bonds. The monoisotopic (exact) mass is 925 g/mol. The predicted octanol–water partition coefficient (Wildman–Crippen LogP) is 19.2. The van der Waals surface area contributed by atoms with Gasteiger partial charge in [-0.3, -0.25) is 0 Å². The van der Waals surface area contributed by atoms with Crippen LogP contribution >= 0.6 is 0 Å². The van der Waals surface area contributed by atoms with Crippen molar-refractivity contribution >= 4 is 60.9 Å². The molecule has 3 nitrogen and oxygen atoms in total. The van der Waals surface area contributed by atoms with Crippen LogP contribution in [-0.4, -0.2) is 0 Å². The second-order valence-electron chi connectivity index (χ2n) is 21.9. The van der Waals surface area contributed by atoms with Gasteiger partial charge in [-0.05, 0) is 121 Å². The summed E-state index contributed by atoms with van der Waals surface area (Å²) in [6.07, 6.45) is 0. The molecule has 15 rings (SSSR count). The van der Waals surface area contributed by atoms with Crippen LogP contribution in [0.2, 0.25) is 0 Å². The molecule has 0 fully saturated rings. The molecule has 0 saturated carbocycles. The van der Waals surface area contributed by atoms with Gasteiger partial charge in [0.1, 0.15) is 22.3 Å². The maximum Gasteiger partial charge on any atom is 0.144 e. The van der Waals surface area contributed by atoms with E-state index in [0.717, 1.165) is 50.2 Å². The van der Waals surface area contributed by atoms with Gasteiger partial charge < -0.3 is 13.7 Å². The van der Waals surface area contributed by atoms with Gasteiger partial charge in [-0.15, -0.1) is 0 Å². The molecule has 0 unspecified atom stereocenters. The molecule has 3 heteroatoms. The Morgan fingerprint density at radius 2 is 0.806 bits per heavy atom. The lowest BCUT2D eigenvalue weighted by Gasteiger charge is -2.32. The number of hydrogen-bond donors (Lipinski definition) is 0. The normalized spacial score (nSPS) is 15.1. The second kappa shape index (κ2) is 14.4. The first-order valence-corrected chi connectivity index (χ1v) is 25.4. The Morgan fingerprint density at radius 1 is 0.333 bits per heavy atom. The third kappa shape index (κ3) is 5.35. The molecule has 0 saturated heterocycles. The Balaban J connectivity index is 0.973. The highest BCUT2D eigenvalue weighted by molar-refractivity contribution is 6.21. The number of nitrogens with zero attached hydrogens (tertiary/aromatic N) is 1. The summed E-state index contributed by atoms with van der Waals surface area (Å²) < 4.78 is 14.0. The zero-order valence-electron chi connectivity index (χ0n) is 41.3. The van der Waals surface area contributed by atoms with Crippen LogP contribution in [0.1, 0.15) is 74.9 Å². The van der Waals surface area contributed by atoms with E-state index in [-0.39, 0.29) is 16.2 Å². The van der Waals surface area contributed by atoms with Gasteiger partial charge in [-0.2, -0.15) is 0 Å². The standard InChI is InChI=1S/C69H51NO2/c1-67(2)52-37-42(33-35-46(52)59-54(67)39-50(41-23-11-8-12-24-41)58-48-27-15-19-31-56(48)71-65(58)59)70(55-30-18-14-25-44(55)40-21-9-7-10-22-40)43-34-36-47-53(38-43)69(5,6)63-60(47)61-49-28-16-20-32-57(49)72-66(61)62-45-26-13-17-29-51(45)68(3,4)64(62)63/h7-39H,1-6H3. The van der Waals surface area contributed by atoms with Crippen molar-refractivity contribution in [2.24, 2.45) is 0 Å². The second-order valence-corrected chi connectivity index (χ2v) is 21.9. The van der Waals surface area contributed by atoms with E-state index in [0.29, 0.717) is 0 Å². The van der Waals surface area contributed by atoms with Gasteiger partial charge in [-0.1, -0.05) is 193 Å². The highest BCUT2D eigenvalue weighted by Crippen LogP contribution is 2.64. The lowest BCUT2D eigenvalue weighted by molar-refractivity contribution is 0.600. The smallest absolute Gasteiger partial charge is 0.144 e. The van der Waals surface area contributed by atoms with Gasteiger partial charge in [0, 0.05) is 65.9 Å². The minimum absolute atomic E-state index is 0.240. The molecule has 0 radical (unpaired) electrons. The number of hydrogen-bond acceptors (Lipinski definition) is 3. The van der Waals surface area contributed by atoms with E-state index >= 15 is 0 Å². The lowest BCUT2D eigenvalue weighted by atomic mass is 9.72. The predicted molar refractivity (Wildman–Crippen MR) is 299 cm³/mol. The van der Waals surface area contributed by atoms with Crippen LogP contribution in [0.4, 0.5) is 17.1 Å². The molecule has 2 heterocycles. The summed E-state index contributed by atoms with van der Waals surface area (Å²) in [4.78, 5) is 2.51. The van der Waals surface area contributed by atoms with Crippen molar-refractivity contribution in [1.82, 2.24) is 0 Å². The molecule has 0 atom stereocenters. The van der Waals surface area contributed by atoms with E-state index in [1.807, 2.05) is 0 Å². The van der Waals surface area contributed by atoms with Crippen molar-refractivity contribution in [1.29, 1.82) is 0 Å². The molecule has 0 spiro atoms. The van der Waals surface area contributed by atoms with Crippen LogP contribution in [0, 0.1) is 0 Å². The molecule has 72 heavy (non-hydrogen) atoms. The van der Waals surface area contributed by atoms with Crippen molar-refractivity contribution in [3.8, 4) is 55.6 Å². The summed E-state index contributed by atoms with van der Waals surface area (Å²) in [5, 5.41) is 4.69. The van der Waals surface area contributed by atoms with Crippen LogP contribution in [-0.2, 0) is 16.2 Å². The largest absolute Gasteiger partial charge is 0.455 e. The Bertz CT molecular complexity index is 4300. The first-order valence-electron chi connectivity index (χ1n) is 25.4. The average Bonchev–Trinajstić information content (AvgIpc) is 4.17. The average molecular weight is 926 g/mol. The number of fused-ring (bicyclic) bond motifs is 19. The fourth-order valence-corrected chi connectivity index (χ4v) is 13.7. The SMILES string of the molecule is CC1(C)c2cc(N(c3ccc4c(c3)C(C)(C)c3c5c(c6oc7ccccc7c6c3-4)-c3ccccc3C5(C)C)c3ccccc3-c3ccccc3)ccc2-c2c1cc(-c1ccccc1)c1c2oc2ccccc21. The van der Waals surface area contributed by atoms with Crippen molar-refractivity contribution in [3.05, 3.63) is 234 Å². The number of para-hydroxylation sites is 3. The molecule has 10 aromatic carbocycles. The third-order valence-corrected chi connectivity index (χ3v) is 17.0. The number of furan rings is 2. The Hall–Kier alpha value is -8.40. The summed E-state index contributed by atoms with van der Waals surface area (Å²) in [5.74, 6) is 0. The van der Waals surface area contributed by atoms with E-state index in [1.54, 1.807) is 0 Å². The van der Waals surface area contributed by atoms with E-state index in [1.165, 1.54) is 99.8 Å². The molecule has 0 bridgehead atoms. The fraction of sp³-hybridized carbons (Fsp3) is 0.130. The first-order chi connectivity index (χ1) is 35.0. The maximum atomic E-state index is 7.02. The van der Waals surface area contributed by atoms with Crippen molar-refractivity contribution < 1.29 is 8.83 Å². The minimum Gasteiger partial charge on any atom is -0.455 e. The zero-order valence-corrected chi connectivity index (χ0v) is 41.3. The molecule has 3 aliphatic rings. The molecule has 2 aromatic heterocycles. The maximum absolute atomic E-state index is 7.02. The van der Waals surface area contributed by atoms with Crippen LogP contribution in [0.5, 0.6) is 0 Å². The Kier molecular flexibility index (Phi) is 8.26. The van der Waals surface area contributed by atoms with Crippen molar-refractivity contribution in [2.45, 2.75) is 57.8 Å². The molecule has 0 aliphatic heterocycles. The van der Waals surface area contributed by atoms with E-state index in [9.17, 15) is 0 Å². The molecule has 344 valence electrons. The lowest BCUT2D eigenvalue weighted by Crippen LogP contribution is -2.24. The summed E-state index contributed by atoms with van der Waals surface area (Å²) in [5.41, 5.74) is 26.5. The molecule has 0 N–H and O–H groups in total. The number of rotatable bonds is 5. The Morgan fingerprint density at radius 3 is 1.47 bits per heavy atom. The quantitative estimate of drug-likeness (QED) is 0.172. The van der Waals surface area contributed by atoms with Crippen LogP contribution in [0.3, 0.4) is 0 Å². The van der Waals surface area contributed by atoms with Crippen molar-refractivity contribution in [3.63, 3.8) is 0 Å². The van der Waals surface area contributed by atoms with Gasteiger partial charge in [0.05, 0.1) is 5.69 Å². The highest BCUT2D eigenvalue weighted by atomic mass is 16.3. The van der Waals surface area contributed by atoms with Gasteiger partial charge in [0.15, 0.2) is 0 Å². The van der Waals surface area contributed by atoms with Gasteiger partial charge in [0.25, 0.3) is 0 Å². The van der Waals surface area contributed by atoms with E-state index in [2.05, 4.69) is 247 Å². The molecular formula is C69H51NO2. The Labute approximate surface area is 419 Å². The molecule has 12 aromatic rings. The summed E-state index contributed by atoms with van der Waals surface area (Å²) in [6.45, 7) is 14.5. The van der Waals surface area contributed by atoms with E-state index in [4.69, 9.17) is 8.83 Å². The molecule has 3 aliphatic carbocycles. The van der Waals surface area contributed by atoms with Gasteiger partial charge >= 0.3 is 0 Å². The highest BCUT2D eigenvalue weighted by Gasteiger charge is 2.49. The van der Waals surface area contributed by atoms with Crippen LogP contribution in [0.15, 0.2) is 209 Å². The van der Waals surface area contributed by atoms with Crippen molar-refractivity contribution in [2.75, 3.05) is 4.90 Å². The summed E-state index contributed by atoms with van der Waals surface area (Å²) in [7, 11) is 0. The van der Waals surface area contributed by atoms with Gasteiger partial charge in [0.2, 0.25) is 0 Å². The fourth-order valence-electron chi connectivity index (χ4n) is 13.7. The zero-order chi connectivity index (χ0) is 48.4. The first kappa shape index (κ1) is 41.4. The number of benzene rings is 10. The summed E-state index contributed by atoms with van der Waals surface area (Å²) in [6, 6.07) is 73.6. The number of anilines is 3. The summed E-state index contributed by atoms with van der Waals surface area (Å²) >= 11 is 0.